The largest absolute Gasteiger partial charge is 0.303 e. The third kappa shape index (κ3) is 1.34. The molecular formula is C10H17N. The summed E-state index contributed by atoms with van der Waals surface area (Å²) in [7, 11) is 0. The fourth-order valence-corrected chi connectivity index (χ4v) is 2.57. The highest BCUT2D eigenvalue weighted by molar-refractivity contribution is 4.89. The van der Waals surface area contributed by atoms with Crippen molar-refractivity contribution in [3.05, 3.63) is 12.7 Å². The van der Waals surface area contributed by atoms with Crippen LogP contribution in [0.5, 0.6) is 0 Å². The molecule has 0 aromatic heterocycles. The third-order valence-corrected chi connectivity index (χ3v) is 3.26. The molecule has 3 aliphatic heterocycles. The quantitative estimate of drug-likeness (QED) is 0.545. The van der Waals surface area contributed by atoms with Gasteiger partial charge in [0.05, 0.1) is 0 Å². The number of allylic oxidation sites excluding steroid dienone is 1. The predicted molar refractivity (Wildman–Crippen MR) is 47.5 cm³/mol. The van der Waals surface area contributed by atoms with E-state index in [2.05, 4.69) is 17.6 Å². The molecular weight excluding hydrogens is 134 g/mol. The zero-order chi connectivity index (χ0) is 7.68. The van der Waals surface area contributed by atoms with Crippen LogP contribution in [-0.2, 0) is 0 Å². The van der Waals surface area contributed by atoms with E-state index in [0.29, 0.717) is 0 Å². The minimum Gasteiger partial charge on any atom is -0.303 e. The Bertz CT molecular complexity index is 145. The zero-order valence-electron chi connectivity index (χ0n) is 7.13. The van der Waals surface area contributed by atoms with E-state index in [0.717, 1.165) is 11.8 Å². The van der Waals surface area contributed by atoms with E-state index in [1.807, 2.05) is 0 Å². The van der Waals surface area contributed by atoms with E-state index < -0.39 is 0 Å². The summed E-state index contributed by atoms with van der Waals surface area (Å²) in [5.74, 6) is 1.97. The summed E-state index contributed by atoms with van der Waals surface area (Å²) in [5, 5.41) is 0. The molecule has 0 amide bonds. The second-order valence-electron chi connectivity index (χ2n) is 3.92. The molecule has 2 bridgehead atoms. The van der Waals surface area contributed by atoms with Gasteiger partial charge in [0, 0.05) is 6.54 Å². The molecule has 0 aliphatic carbocycles. The van der Waals surface area contributed by atoms with E-state index in [4.69, 9.17) is 0 Å². The molecule has 3 fully saturated rings. The van der Waals surface area contributed by atoms with Crippen LogP contribution in [0, 0.1) is 11.8 Å². The first-order valence-electron chi connectivity index (χ1n) is 4.73. The van der Waals surface area contributed by atoms with Crippen LogP contribution < -0.4 is 0 Å². The summed E-state index contributed by atoms with van der Waals surface area (Å²) >= 11 is 0. The molecule has 1 atom stereocenters. The lowest BCUT2D eigenvalue weighted by atomic mass is 9.77. The standard InChI is InChI=1S/C10H17N/c1-2-3-10-8-11-6-4-9(10)5-7-11/h2,9-10H,1,3-8H2. The van der Waals surface area contributed by atoms with Crippen molar-refractivity contribution in [2.45, 2.75) is 19.3 Å². The summed E-state index contributed by atoms with van der Waals surface area (Å²) in [6, 6.07) is 0. The number of hydrogen-bond donors (Lipinski definition) is 0. The molecule has 0 aromatic rings. The van der Waals surface area contributed by atoms with Gasteiger partial charge in [0.1, 0.15) is 0 Å². The zero-order valence-corrected chi connectivity index (χ0v) is 7.13. The lowest BCUT2D eigenvalue weighted by Gasteiger charge is -2.44. The normalized spacial score (nSPS) is 42.4. The molecule has 0 spiro atoms. The molecule has 3 heterocycles. The summed E-state index contributed by atoms with van der Waals surface area (Å²) in [4.78, 5) is 2.61. The van der Waals surface area contributed by atoms with Crippen molar-refractivity contribution in [3.63, 3.8) is 0 Å². The molecule has 0 aromatic carbocycles. The first kappa shape index (κ1) is 7.35. The average Bonchev–Trinajstić information content (AvgIpc) is 2.07. The van der Waals surface area contributed by atoms with Gasteiger partial charge in [-0.3, -0.25) is 0 Å². The highest BCUT2D eigenvalue weighted by atomic mass is 15.1. The molecule has 3 aliphatic rings. The third-order valence-electron chi connectivity index (χ3n) is 3.26. The second-order valence-corrected chi connectivity index (χ2v) is 3.92. The highest BCUT2D eigenvalue weighted by Gasteiger charge is 2.32. The van der Waals surface area contributed by atoms with Gasteiger partial charge < -0.3 is 4.90 Å². The summed E-state index contributed by atoms with van der Waals surface area (Å²) in [6.45, 7) is 7.88. The van der Waals surface area contributed by atoms with Crippen LogP contribution in [0.4, 0.5) is 0 Å². The molecule has 0 N–H and O–H groups in total. The molecule has 1 heteroatoms. The van der Waals surface area contributed by atoms with Gasteiger partial charge in [0.15, 0.2) is 0 Å². The van der Waals surface area contributed by atoms with Crippen molar-refractivity contribution in [1.29, 1.82) is 0 Å². The number of nitrogens with zero attached hydrogens (tertiary/aromatic N) is 1. The van der Waals surface area contributed by atoms with E-state index in [9.17, 15) is 0 Å². The Hall–Kier alpha value is -0.300. The predicted octanol–water partition coefficient (Wildman–Crippen LogP) is 1.90. The fourth-order valence-electron chi connectivity index (χ4n) is 2.57. The van der Waals surface area contributed by atoms with Gasteiger partial charge in [-0.2, -0.15) is 0 Å². The Labute approximate surface area is 69.1 Å². The number of hydrogen-bond acceptors (Lipinski definition) is 1. The van der Waals surface area contributed by atoms with Crippen molar-refractivity contribution in [2.24, 2.45) is 11.8 Å². The summed E-state index contributed by atoms with van der Waals surface area (Å²) in [6.07, 6.45) is 6.21. The van der Waals surface area contributed by atoms with Crippen LogP contribution in [0.15, 0.2) is 12.7 Å². The van der Waals surface area contributed by atoms with Crippen molar-refractivity contribution < 1.29 is 0 Å². The van der Waals surface area contributed by atoms with Crippen LogP contribution in [0.25, 0.3) is 0 Å². The van der Waals surface area contributed by atoms with Crippen molar-refractivity contribution in [1.82, 2.24) is 4.90 Å². The Morgan fingerprint density at radius 1 is 1.36 bits per heavy atom. The van der Waals surface area contributed by atoms with Gasteiger partial charge in [-0.25, -0.2) is 0 Å². The highest BCUT2D eigenvalue weighted by Crippen LogP contribution is 2.34. The lowest BCUT2D eigenvalue weighted by Crippen LogP contribution is -2.47. The summed E-state index contributed by atoms with van der Waals surface area (Å²) < 4.78 is 0. The average molecular weight is 151 g/mol. The van der Waals surface area contributed by atoms with Crippen LogP contribution >= 0.6 is 0 Å². The fraction of sp³-hybridized carbons (Fsp3) is 0.800. The molecule has 3 saturated heterocycles. The minimum absolute atomic E-state index is 0.940. The Morgan fingerprint density at radius 2 is 2.09 bits per heavy atom. The Kier molecular flexibility index (Phi) is 1.99. The number of piperidine rings is 3. The van der Waals surface area contributed by atoms with Gasteiger partial charge in [-0.1, -0.05) is 6.08 Å². The SMILES string of the molecule is C=CCC1CN2CCC1CC2. The van der Waals surface area contributed by atoms with E-state index in [1.165, 1.54) is 38.9 Å². The first-order chi connectivity index (χ1) is 5.40. The molecule has 62 valence electrons. The number of rotatable bonds is 2. The lowest BCUT2D eigenvalue weighted by molar-refractivity contribution is 0.0526. The second kappa shape index (κ2) is 2.98. The summed E-state index contributed by atoms with van der Waals surface area (Å²) in [5.41, 5.74) is 0. The van der Waals surface area contributed by atoms with E-state index in [-0.39, 0.29) is 0 Å². The van der Waals surface area contributed by atoms with E-state index in [1.54, 1.807) is 0 Å². The van der Waals surface area contributed by atoms with Gasteiger partial charge in [0.2, 0.25) is 0 Å². The smallest absolute Gasteiger partial charge is 0.00153 e. The molecule has 1 nitrogen and oxygen atoms in total. The van der Waals surface area contributed by atoms with Crippen molar-refractivity contribution in [3.8, 4) is 0 Å². The molecule has 3 rings (SSSR count). The maximum Gasteiger partial charge on any atom is 0.00153 e. The van der Waals surface area contributed by atoms with Crippen LogP contribution in [0.3, 0.4) is 0 Å². The van der Waals surface area contributed by atoms with Crippen molar-refractivity contribution >= 4 is 0 Å². The Balaban J connectivity index is 1.97. The maximum atomic E-state index is 3.82. The van der Waals surface area contributed by atoms with Gasteiger partial charge >= 0.3 is 0 Å². The molecule has 0 saturated carbocycles. The molecule has 1 unspecified atom stereocenters. The van der Waals surface area contributed by atoms with Crippen LogP contribution in [0.2, 0.25) is 0 Å². The van der Waals surface area contributed by atoms with Crippen molar-refractivity contribution in [2.75, 3.05) is 19.6 Å². The van der Waals surface area contributed by atoms with Gasteiger partial charge in [0.25, 0.3) is 0 Å². The molecule has 0 radical (unpaired) electrons. The Morgan fingerprint density at radius 3 is 2.55 bits per heavy atom. The van der Waals surface area contributed by atoms with Gasteiger partial charge in [-0.15, -0.1) is 6.58 Å². The van der Waals surface area contributed by atoms with Crippen LogP contribution in [-0.4, -0.2) is 24.5 Å². The monoisotopic (exact) mass is 151 g/mol. The minimum atomic E-state index is 0.940. The van der Waals surface area contributed by atoms with Crippen LogP contribution in [0.1, 0.15) is 19.3 Å². The molecule has 11 heavy (non-hydrogen) atoms. The van der Waals surface area contributed by atoms with Gasteiger partial charge in [-0.05, 0) is 44.2 Å². The first-order valence-corrected chi connectivity index (χ1v) is 4.73. The maximum absolute atomic E-state index is 3.82. The van der Waals surface area contributed by atoms with E-state index >= 15 is 0 Å². The topological polar surface area (TPSA) is 3.24 Å². The number of fused-ring (bicyclic) bond motifs is 3.